The number of nitrogens with zero attached hydrogens (tertiary/aromatic N) is 2. The maximum Gasteiger partial charge on any atom is 0.410 e. The second-order valence-corrected chi connectivity index (χ2v) is 13.1. The van der Waals surface area contributed by atoms with Crippen LogP contribution in [0.5, 0.6) is 5.75 Å². The second-order valence-electron chi connectivity index (χ2n) is 13.1. The molecule has 2 heterocycles. The van der Waals surface area contributed by atoms with Crippen molar-refractivity contribution < 1.29 is 38.3 Å². The standard InChI is InChI=1S/C39H52N2O8/c1-29(24-45-3)25-46-26-31-10-13-33(14-11-31)38-34(23-42)21-41(39(43)49-27-30-8-5-4-6-9-30)22-37(38)48-28-32-12-15-36-35(20-32)40(17-19-47-36)16-7-18-44-2/h4-6,8-15,20,29,34,37-38,42H,7,16-19,21-28H2,1-3H3/t29?,34-,37-,38-/m0/s1. The van der Waals surface area contributed by atoms with Crippen LogP contribution in [-0.2, 0) is 43.5 Å². The van der Waals surface area contributed by atoms with E-state index in [9.17, 15) is 9.90 Å². The van der Waals surface area contributed by atoms with E-state index in [1.807, 2.05) is 42.5 Å². The number of ether oxygens (including phenoxy) is 6. The predicted molar refractivity (Wildman–Crippen MR) is 188 cm³/mol. The number of piperidine rings is 1. The van der Waals surface area contributed by atoms with Crippen LogP contribution in [0.2, 0.25) is 0 Å². The number of anilines is 1. The van der Waals surface area contributed by atoms with Gasteiger partial charge in [0.25, 0.3) is 0 Å². The summed E-state index contributed by atoms with van der Waals surface area (Å²) in [4.78, 5) is 17.4. The molecule has 3 aromatic rings. The molecule has 0 radical (unpaired) electrons. The molecule has 0 aliphatic carbocycles. The minimum Gasteiger partial charge on any atom is -0.490 e. The minimum absolute atomic E-state index is 0.0954. The lowest BCUT2D eigenvalue weighted by Crippen LogP contribution is -2.52. The Morgan fingerprint density at radius 2 is 1.69 bits per heavy atom. The molecule has 2 aliphatic rings. The quantitative estimate of drug-likeness (QED) is 0.182. The molecule has 4 atom stereocenters. The third kappa shape index (κ3) is 10.4. The van der Waals surface area contributed by atoms with Gasteiger partial charge < -0.3 is 43.3 Å². The van der Waals surface area contributed by atoms with Gasteiger partial charge in [0.1, 0.15) is 19.0 Å². The molecule has 2 aliphatic heterocycles. The molecule has 1 fully saturated rings. The summed E-state index contributed by atoms with van der Waals surface area (Å²) in [5.41, 5.74) is 5.11. The highest BCUT2D eigenvalue weighted by Crippen LogP contribution is 2.37. The first-order chi connectivity index (χ1) is 24.0. The van der Waals surface area contributed by atoms with Gasteiger partial charge in [-0.3, -0.25) is 0 Å². The van der Waals surface area contributed by atoms with Crippen molar-refractivity contribution in [3.63, 3.8) is 0 Å². The Labute approximate surface area is 290 Å². The number of hydrogen-bond donors (Lipinski definition) is 1. The highest BCUT2D eigenvalue weighted by molar-refractivity contribution is 5.68. The summed E-state index contributed by atoms with van der Waals surface area (Å²) in [7, 11) is 3.42. The van der Waals surface area contributed by atoms with Gasteiger partial charge in [0.2, 0.25) is 0 Å². The van der Waals surface area contributed by atoms with Crippen molar-refractivity contribution in [2.24, 2.45) is 11.8 Å². The van der Waals surface area contributed by atoms with Gasteiger partial charge in [-0.15, -0.1) is 0 Å². The van der Waals surface area contributed by atoms with Gasteiger partial charge >= 0.3 is 6.09 Å². The van der Waals surface area contributed by atoms with Gasteiger partial charge in [-0.2, -0.15) is 0 Å². The van der Waals surface area contributed by atoms with Crippen LogP contribution in [0.15, 0.2) is 72.8 Å². The lowest BCUT2D eigenvalue weighted by atomic mass is 9.78. The SMILES string of the molecule is COCCCN1CCOc2ccc(CO[C@H]3CN(C(=O)OCc4ccccc4)C[C@@H](CO)[C@@H]3c3ccc(COCC(C)COC)cc3)cc21. The average Bonchev–Trinajstić information content (AvgIpc) is 3.13. The number of benzene rings is 3. The monoisotopic (exact) mass is 676 g/mol. The van der Waals surface area contributed by atoms with Crippen molar-refractivity contribution in [1.82, 2.24) is 4.90 Å². The van der Waals surface area contributed by atoms with Crippen LogP contribution >= 0.6 is 0 Å². The molecule has 3 aromatic carbocycles. The molecule has 0 bridgehead atoms. The van der Waals surface area contributed by atoms with E-state index >= 15 is 0 Å². The molecule has 49 heavy (non-hydrogen) atoms. The Hall–Kier alpha value is -3.67. The summed E-state index contributed by atoms with van der Waals surface area (Å²) >= 11 is 0. The van der Waals surface area contributed by atoms with E-state index in [0.29, 0.717) is 58.6 Å². The van der Waals surface area contributed by atoms with Crippen LogP contribution < -0.4 is 9.64 Å². The van der Waals surface area contributed by atoms with Crippen LogP contribution in [0.3, 0.4) is 0 Å². The minimum atomic E-state index is -0.415. The van der Waals surface area contributed by atoms with E-state index in [4.69, 9.17) is 28.4 Å². The Kier molecular flexibility index (Phi) is 14.1. The average molecular weight is 677 g/mol. The number of hydrogen-bond acceptors (Lipinski definition) is 9. The molecule has 0 spiro atoms. The van der Waals surface area contributed by atoms with E-state index < -0.39 is 6.09 Å². The van der Waals surface area contributed by atoms with E-state index in [1.54, 1.807) is 19.1 Å². The van der Waals surface area contributed by atoms with Gasteiger partial charge in [-0.1, -0.05) is 67.6 Å². The van der Waals surface area contributed by atoms with Gasteiger partial charge in [0, 0.05) is 58.3 Å². The molecule has 1 saturated heterocycles. The van der Waals surface area contributed by atoms with E-state index in [0.717, 1.165) is 53.2 Å². The molecule has 1 amide bonds. The molecule has 0 aromatic heterocycles. The zero-order valence-electron chi connectivity index (χ0n) is 29.1. The van der Waals surface area contributed by atoms with Gasteiger partial charge in [-0.25, -0.2) is 4.79 Å². The Balaban J connectivity index is 1.31. The van der Waals surface area contributed by atoms with Crippen molar-refractivity contribution in [3.8, 4) is 5.75 Å². The first-order valence-corrected chi connectivity index (χ1v) is 17.3. The Morgan fingerprint density at radius 1 is 0.918 bits per heavy atom. The van der Waals surface area contributed by atoms with Crippen molar-refractivity contribution in [1.29, 1.82) is 0 Å². The van der Waals surface area contributed by atoms with Crippen LogP contribution in [0.25, 0.3) is 0 Å². The topological polar surface area (TPSA) is 99.2 Å². The second kappa shape index (κ2) is 18.9. The number of aliphatic hydroxyl groups excluding tert-OH is 1. The highest BCUT2D eigenvalue weighted by Gasteiger charge is 2.40. The van der Waals surface area contributed by atoms with Crippen LogP contribution in [0, 0.1) is 11.8 Å². The van der Waals surface area contributed by atoms with Crippen molar-refractivity contribution >= 4 is 11.8 Å². The third-order valence-electron chi connectivity index (χ3n) is 9.17. The summed E-state index contributed by atoms with van der Waals surface area (Å²) in [5, 5.41) is 10.7. The maximum atomic E-state index is 13.4. The third-order valence-corrected chi connectivity index (χ3v) is 9.17. The number of rotatable bonds is 17. The summed E-state index contributed by atoms with van der Waals surface area (Å²) < 4.78 is 34.8. The fraction of sp³-hybridized carbons (Fsp3) is 0.513. The predicted octanol–water partition coefficient (Wildman–Crippen LogP) is 5.65. The number of fused-ring (bicyclic) bond motifs is 1. The van der Waals surface area contributed by atoms with E-state index in [1.165, 1.54) is 0 Å². The number of methoxy groups -OCH3 is 2. The molecular weight excluding hydrogens is 624 g/mol. The molecule has 1 N–H and O–H groups in total. The van der Waals surface area contributed by atoms with Crippen LogP contribution in [0.4, 0.5) is 10.5 Å². The lowest BCUT2D eigenvalue weighted by Gasteiger charge is -2.43. The lowest BCUT2D eigenvalue weighted by molar-refractivity contribution is -0.0521. The molecule has 10 nitrogen and oxygen atoms in total. The number of aliphatic hydroxyl groups is 1. The van der Waals surface area contributed by atoms with E-state index in [2.05, 4.69) is 42.2 Å². The number of likely N-dealkylation sites (tertiary alicyclic amines) is 1. The molecule has 266 valence electrons. The van der Waals surface area contributed by atoms with Gasteiger partial charge in [-0.05, 0) is 40.8 Å². The summed E-state index contributed by atoms with van der Waals surface area (Å²) in [5.74, 6) is 0.811. The van der Waals surface area contributed by atoms with Crippen molar-refractivity contribution in [2.45, 2.75) is 45.2 Å². The summed E-state index contributed by atoms with van der Waals surface area (Å²) in [6, 6.07) is 24.2. The Morgan fingerprint density at radius 3 is 2.45 bits per heavy atom. The first kappa shape index (κ1) is 36.6. The molecule has 1 unspecified atom stereocenters. The maximum absolute atomic E-state index is 13.4. The fourth-order valence-electron chi connectivity index (χ4n) is 6.67. The number of carbonyl (C=O) groups excluding carboxylic acids is 1. The number of amides is 1. The summed E-state index contributed by atoms with van der Waals surface area (Å²) in [6.07, 6.45) is 0.135. The Bertz CT molecular complexity index is 1420. The zero-order chi connectivity index (χ0) is 34.4. The van der Waals surface area contributed by atoms with Crippen molar-refractivity contribution in [3.05, 3.63) is 95.1 Å². The zero-order valence-corrected chi connectivity index (χ0v) is 29.1. The smallest absolute Gasteiger partial charge is 0.410 e. The van der Waals surface area contributed by atoms with Gasteiger partial charge in [0.05, 0.1) is 51.3 Å². The first-order valence-electron chi connectivity index (χ1n) is 17.3. The molecular formula is C39H52N2O8. The molecule has 5 rings (SSSR count). The van der Waals surface area contributed by atoms with Gasteiger partial charge in [0.15, 0.2) is 0 Å². The summed E-state index contributed by atoms with van der Waals surface area (Å²) in [6.45, 7) is 8.08. The highest BCUT2D eigenvalue weighted by atomic mass is 16.6. The van der Waals surface area contributed by atoms with Crippen molar-refractivity contribution in [2.75, 3.05) is 78.3 Å². The van der Waals surface area contributed by atoms with E-state index in [-0.39, 0.29) is 31.2 Å². The van der Waals surface area contributed by atoms with Crippen LogP contribution in [0.1, 0.15) is 41.5 Å². The number of carbonyl (C=O) groups is 1. The fourth-order valence-corrected chi connectivity index (χ4v) is 6.67. The molecule has 0 saturated carbocycles. The molecule has 10 heteroatoms. The normalized spacial score (nSPS) is 19.6. The largest absolute Gasteiger partial charge is 0.490 e. The van der Waals surface area contributed by atoms with Crippen LogP contribution in [-0.4, -0.2) is 95.6 Å².